The Bertz CT molecular complexity index is 1590. The topological polar surface area (TPSA) is 67.2 Å². The summed E-state index contributed by atoms with van der Waals surface area (Å²) in [6.07, 6.45) is 3.71. The zero-order valence-electron chi connectivity index (χ0n) is 20.8. The maximum absolute atomic E-state index is 13.4. The highest BCUT2D eigenvalue weighted by Gasteiger charge is 2.42. The smallest absolute Gasteiger partial charge is 0.236 e. The lowest BCUT2D eigenvalue weighted by Gasteiger charge is -2.28. The van der Waals surface area contributed by atoms with Crippen LogP contribution < -0.4 is 10.6 Å². The molecule has 0 unspecified atom stereocenters. The molecular formula is C32H27N3O2S. The van der Waals surface area contributed by atoms with E-state index in [0.717, 1.165) is 53.6 Å². The van der Waals surface area contributed by atoms with Crippen molar-refractivity contribution in [3.63, 3.8) is 0 Å². The van der Waals surface area contributed by atoms with Crippen LogP contribution in [-0.2, 0) is 10.2 Å². The van der Waals surface area contributed by atoms with Crippen molar-refractivity contribution in [2.24, 2.45) is 0 Å². The Hall–Kier alpha value is -4.29. The van der Waals surface area contributed by atoms with Gasteiger partial charge >= 0.3 is 0 Å². The number of benzene rings is 4. The molecule has 1 fully saturated rings. The third-order valence-corrected chi connectivity index (χ3v) is 7.53. The first kappa shape index (κ1) is 24.1. The fraction of sp³-hybridized carbons (Fsp3) is 0.156. The summed E-state index contributed by atoms with van der Waals surface area (Å²) in [6.45, 7) is 0. The molecule has 1 saturated carbocycles. The highest BCUT2D eigenvalue weighted by Crippen LogP contribution is 2.41. The van der Waals surface area contributed by atoms with E-state index in [2.05, 4.69) is 34.9 Å². The highest BCUT2D eigenvalue weighted by atomic mass is 32.1. The molecule has 0 spiro atoms. The molecule has 4 aromatic carbocycles. The normalized spacial score (nSPS) is 14.3. The second kappa shape index (κ2) is 10.2. The summed E-state index contributed by atoms with van der Waals surface area (Å²) in [5.74, 6) is 0.501. The van der Waals surface area contributed by atoms with Crippen LogP contribution in [0, 0.1) is 0 Å². The van der Waals surface area contributed by atoms with E-state index in [1.54, 1.807) is 0 Å². The number of amides is 1. The Morgan fingerprint density at radius 1 is 0.789 bits per heavy atom. The Labute approximate surface area is 226 Å². The van der Waals surface area contributed by atoms with Crippen molar-refractivity contribution in [2.45, 2.75) is 31.1 Å². The molecule has 0 saturated heterocycles. The van der Waals surface area contributed by atoms with Gasteiger partial charge in [0, 0.05) is 11.3 Å². The van der Waals surface area contributed by atoms with Crippen molar-refractivity contribution < 1.29 is 9.21 Å². The van der Waals surface area contributed by atoms with E-state index in [9.17, 15) is 4.79 Å². The number of carbonyl (C=O) groups is 1. The molecule has 2 N–H and O–H groups in total. The van der Waals surface area contributed by atoms with Crippen molar-refractivity contribution in [3.8, 4) is 22.6 Å². The van der Waals surface area contributed by atoms with E-state index >= 15 is 0 Å². The third-order valence-electron chi connectivity index (χ3n) is 7.33. The average molecular weight is 518 g/mol. The van der Waals surface area contributed by atoms with E-state index in [1.807, 2.05) is 78.9 Å². The molecule has 38 heavy (non-hydrogen) atoms. The SMILES string of the molecule is O=C(NC(=S)Nc1ccc2oc(-c3ccc(-c4ccccc4)cc3)nc2c1)C1(c2ccccc2)CCCC1. The zero-order valence-corrected chi connectivity index (χ0v) is 21.6. The standard InChI is InChI=1S/C32H27N3O2S/c36-30(32(19-7-8-20-32)25-11-5-2-6-12-25)35-31(38)33-26-17-18-28-27(21-26)34-29(37-28)24-15-13-23(14-16-24)22-9-3-1-4-10-22/h1-6,9-18,21H,7-8,19-20H2,(H2,33,35,36,38). The molecule has 0 atom stereocenters. The monoisotopic (exact) mass is 517 g/mol. The third kappa shape index (κ3) is 4.71. The summed E-state index contributed by atoms with van der Waals surface area (Å²) >= 11 is 5.52. The molecule has 0 bridgehead atoms. The van der Waals surface area contributed by atoms with Gasteiger partial charge in [0.2, 0.25) is 11.8 Å². The molecule has 6 heteroatoms. The molecule has 1 amide bonds. The number of nitrogens with zero attached hydrogens (tertiary/aromatic N) is 1. The van der Waals surface area contributed by atoms with Crippen molar-refractivity contribution >= 4 is 40.0 Å². The van der Waals surface area contributed by atoms with Crippen LogP contribution in [0.2, 0.25) is 0 Å². The van der Waals surface area contributed by atoms with Crippen LogP contribution in [0.4, 0.5) is 5.69 Å². The van der Waals surface area contributed by atoms with Gasteiger partial charge in [-0.25, -0.2) is 4.98 Å². The van der Waals surface area contributed by atoms with Gasteiger partial charge in [0.05, 0.1) is 5.41 Å². The molecule has 0 radical (unpaired) electrons. The molecular weight excluding hydrogens is 490 g/mol. The predicted molar refractivity (Wildman–Crippen MR) is 156 cm³/mol. The first-order valence-electron chi connectivity index (χ1n) is 12.9. The van der Waals surface area contributed by atoms with E-state index < -0.39 is 5.41 Å². The number of anilines is 1. The molecule has 1 aliphatic rings. The van der Waals surface area contributed by atoms with Crippen LogP contribution in [0.25, 0.3) is 33.7 Å². The van der Waals surface area contributed by atoms with Gasteiger partial charge < -0.3 is 15.1 Å². The molecule has 5 aromatic rings. The summed E-state index contributed by atoms with van der Waals surface area (Å²) in [6, 6.07) is 34.0. The minimum Gasteiger partial charge on any atom is -0.436 e. The Morgan fingerprint density at radius 3 is 2.13 bits per heavy atom. The number of hydrogen-bond acceptors (Lipinski definition) is 4. The van der Waals surface area contributed by atoms with Gasteiger partial charge in [-0.3, -0.25) is 4.79 Å². The van der Waals surface area contributed by atoms with Gasteiger partial charge in [0.15, 0.2) is 10.7 Å². The minimum atomic E-state index is -0.534. The second-order valence-electron chi connectivity index (χ2n) is 9.71. The lowest BCUT2D eigenvalue weighted by Crippen LogP contribution is -2.46. The van der Waals surface area contributed by atoms with E-state index in [0.29, 0.717) is 17.0 Å². The first-order valence-corrected chi connectivity index (χ1v) is 13.3. The first-order chi connectivity index (χ1) is 18.6. The quantitative estimate of drug-likeness (QED) is 0.237. The summed E-state index contributed by atoms with van der Waals surface area (Å²) < 4.78 is 6.01. The molecule has 1 aliphatic carbocycles. The van der Waals surface area contributed by atoms with Gasteiger partial charge in [0.1, 0.15) is 5.52 Å². The van der Waals surface area contributed by atoms with Crippen LogP contribution in [0.1, 0.15) is 31.2 Å². The predicted octanol–water partition coefficient (Wildman–Crippen LogP) is 7.49. The van der Waals surface area contributed by atoms with Gasteiger partial charge in [-0.2, -0.15) is 0 Å². The van der Waals surface area contributed by atoms with Gasteiger partial charge in [-0.1, -0.05) is 85.6 Å². The largest absolute Gasteiger partial charge is 0.436 e. The van der Waals surface area contributed by atoms with E-state index in [-0.39, 0.29) is 11.0 Å². The van der Waals surface area contributed by atoms with Crippen molar-refractivity contribution in [3.05, 3.63) is 109 Å². The van der Waals surface area contributed by atoms with Crippen molar-refractivity contribution in [1.29, 1.82) is 0 Å². The molecule has 0 aliphatic heterocycles. The fourth-order valence-electron chi connectivity index (χ4n) is 5.33. The van der Waals surface area contributed by atoms with Crippen molar-refractivity contribution in [2.75, 3.05) is 5.32 Å². The lowest BCUT2D eigenvalue weighted by molar-refractivity contribution is -0.125. The average Bonchev–Trinajstić information content (AvgIpc) is 3.62. The Morgan fingerprint density at radius 2 is 1.42 bits per heavy atom. The molecule has 188 valence electrons. The number of carbonyl (C=O) groups excluding carboxylic acids is 1. The minimum absolute atomic E-state index is 0.0533. The number of nitrogens with one attached hydrogen (secondary N) is 2. The second-order valence-corrected chi connectivity index (χ2v) is 10.1. The number of hydrogen-bond donors (Lipinski definition) is 2. The van der Waals surface area contributed by atoms with Crippen LogP contribution in [0.5, 0.6) is 0 Å². The van der Waals surface area contributed by atoms with Crippen LogP contribution in [0.15, 0.2) is 108 Å². The number of aromatic nitrogens is 1. The van der Waals surface area contributed by atoms with E-state index in [1.165, 1.54) is 0 Å². The summed E-state index contributed by atoms with van der Waals surface area (Å²) in [5.41, 5.74) is 5.85. The zero-order chi connectivity index (χ0) is 26.0. The molecule has 5 nitrogen and oxygen atoms in total. The van der Waals surface area contributed by atoms with Crippen molar-refractivity contribution in [1.82, 2.24) is 10.3 Å². The fourth-order valence-corrected chi connectivity index (χ4v) is 5.54. The number of thiocarbonyl (C=S) groups is 1. The van der Waals surface area contributed by atoms with E-state index in [4.69, 9.17) is 21.6 Å². The Balaban J connectivity index is 1.16. The van der Waals surface area contributed by atoms with Crippen LogP contribution in [0.3, 0.4) is 0 Å². The van der Waals surface area contributed by atoms with Crippen LogP contribution in [-0.4, -0.2) is 16.0 Å². The number of rotatable bonds is 5. The molecule has 6 rings (SSSR count). The van der Waals surface area contributed by atoms with Gasteiger partial charge in [-0.05, 0) is 72.1 Å². The maximum Gasteiger partial charge on any atom is 0.236 e. The Kier molecular flexibility index (Phi) is 6.48. The lowest BCUT2D eigenvalue weighted by atomic mass is 9.78. The highest BCUT2D eigenvalue weighted by molar-refractivity contribution is 7.80. The summed E-state index contributed by atoms with van der Waals surface area (Å²) in [5, 5.41) is 6.37. The molecule has 1 aromatic heterocycles. The van der Waals surface area contributed by atoms with Gasteiger partial charge in [0.25, 0.3) is 0 Å². The maximum atomic E-state index is 13.4. The number of oxazole rings is 1. The summed E-state index contributed by atoms with van der Waals surface area (Å²) in [7, 11) is 0. The van der Waals surface area contributed by atoms with Crippen LogP contribution >= 0.6 is 12.2 Å². The van der Waals surface area contributed by atoms with Gasteiger partial charge in [-0.15, -0.1) is 0 Å². The molecule has 1 heterocycles. The summed E-state index contributed by atoms with van der Waals surface area (Å²) in [4.78, 5) is 18.1. The number of fused-ring (bicyclic) bond motifs is 1.